The lowest BCUT2D eigenvalue weighted by atomic mass is 10.0. The van der Waals surface area contributed by atoms with Gasteiger partial charge in [0.1, 0.15) is 5.75 Å². The Morgan fingerprint density at radius 3 is 2.76 bits per heavy atom. The third-order valence-electron chi connectivity index (χ3n) is 3.94. The maximum absolute atomic E-state index is 12.5. The smallest absolute Gasteiger partial charge is 0.263 e. The van der Waals surface area contributed by atoms with Crippen molar-refractivity contribution in [1.82, 2.24) is 10.2 Å². The second-order valence-electron chi connectivity index (χ2n) is 5.62. The molecule has 4 nitrogen and oxygen atoms in total. The molecule has 1 amide bonds. The summed E-state index contributed by atoms with van der Waals surface area (Å²) in [4.78, 5) is 14.3. The van der Waals surface area contributed by atoms with E-state index in [1.165, 1.54) is 0 Å². The molecule has 0 radical (unpaired) electrons. The number of nitrogens with zero attached hydrogens (tertiary/aromatic N) is 1. The summed E-state index contributed by atoms with van der Waals surface area (Å²) in [5.74, 6) is 0.565. The maximum Gasteiger partial charge on any atom is 0.263 e. The van der Waals surface area contributed by atoms with Gasteiger partial charge in [-0.3, -0.25) is 4.79 Å². The highest BCUT2D eigenvalue weighted by Crippen LogP contribution is 2.26. The molecule has 1 aliphatic rings. The molecule has 0 bridgehead atoms. The average molecular weight is 311 g/mol. The van der Waals surface area contributed by atoms with E-state index in [-0.39, 0.29) is 11.9 Å². The van der Waals surface area contributed by atoms with Gasteiger partial charge >= 0.3 is 0 Å². The van der Waals surface area contributed by atoms with Gasteiger partial charge in [-0.15, -0.1) is 0 Å². The number of hydrogen-bond donors (Lipinski definition) is 1. The molecule has 0 saturated carbocycles. The Bertz CT molecular complexity index is 501. The first kappa shape index (κ1) is 16.1. The Morgan fingerprint density at radius 2 is 2.10 bits per heavy atom. The molecule has 0 spiro atoms. The first-order chi connectivity index (χ1) is 9.99. The van der Waals surface area contributed by atoms with Crippen LogP contribution in [0.1, 0.15) is 25.3 Å². The van der Waals surface area contributed by atoms with Crippen molar-refractivity contribution in [3.8, 4) is 5.75 Å². The minimum Gasteiger partial charge on any atom is -0.479 e. The van der Waals surface area contributed by atoms with Crippen LogP contribution in [-0.2, 0) is 4.79 Å². The van der Waals surface area contributed by atoms with E-state index in [0.29, 0.717) is 10.8 Å². The Balaban J connectivity index is 1.99. The highest BCUT2D eigenvalue weighted by molar-refractivity contribution is 6.32. The summed E-state index contributed by atoms with van der Waals surface area (Å²) in [6.07, 6.45) is 1.43. The molecule has 0 aromatic heterocycles. The number of carbonyl (C=O) groups excluding carboxylic acids is 1. The monoisotopic (exact) mass is 310 g/mol. The van der Waals surface area contributed by atoms with Crippen LogP contribution < -0.4 is 10.1 Å². The fraction of sp³-hybridized carbons (Fsp3) is 0.562. The average Bonchev–Trinajstić information content (AvgIpc) is 2.50. The number of ether oxygens (including phenoxy) is 1. The van der Waals surface area contributed by atoms with Crippen molar-refractivity contribution in [3.05, 3.63) is 28.8 Å². The molecular formula is C16H23ClN2O2. The van der Waals surface area contributed by atoms with Crippen molar-refractivity contribution in [1.29, 1.82) is 0 Å². The van der Waals surface area contributed by atoms with Crippen molar-refractivity contribution in [2.45, 2.75) is 38.8 Å². The summed E-state index contributed by atoms with van der Waals surface area (Å²) in [7, 11) is 1.86. The number of hydrogen-bond acceptors (Lipinski definition) is 3. The largest absolute Gasteiger partial charge is 0.479 e. The van der Waals surface area contributed by atoms with E-state index >= 15 is 0 Å². The van der Waals surface area contributed by atoms with Gasteiger partial charge in [0.2, 0.25) is 0 Å². The first-order valence-electron chi connectivity index (χ1n) is 7.39. The lowest BCUT2D eigenvalue weighted by molar-refractivity contribution is -0.139. The van der Waals surface area contributed by atoms with E-state index < -0.39 is 6.10 Å². The number of aryl methyl sites for hydroxylation is 1. The fourth-order valence-electron chi connectivity index (χ4n) is 2.60. The Kier molecular flexibility index (Phi) is 5.48. The second kappa shape index (κ2) is 7.14. The Hall–Kier alpha value is -1.26. The summed E-state index contributed by atoms with van der Waals surface area (Å²) < 4.78 is 5.76. The van der Waals surface area contributed by atoms with Crippen molar-refractivity contribution < 1.29 is 9.53 Å². The van der Waals surface area contributed by atoms with E-state index in [1.807, 2.05) is 31.0 Å². The van der Waals surface area contributed by atoms with Crippen LogP contribution >= 0.6 is 11.6 Å². The van der Waals surface area contributed by atoms with Gasteiger partial charge in [-0.2, -0.15) is 0 Å². The number of carbonyl (C=O) groups is 1. The van der Waals surface area contributed by atoms with Crippen molar-refractivity contribution in [3.63, 3.8) is 0 Å². The molecule has 21 heavy (non-hydrogen) atoms. The van der Waals surface area contributed by atoms with Crippen molar-refractivity contribution in [2.24, 2.45) is 0 Å². The van der Waals surface area contributed by atoms with Crippen LogP contribution in [0.25, 0.3) is 0 Å². The molecule has 1 unspecified atom stereocenters. The Morgan fingerprint density at radius 1 is 1.43 bits per heavy atom. The van der Waals surface area contributed by atoms with E-state index in [2.05, 4.69) is 5.32 Å². The Labute approximate surface area is 131 Å². The van der Waals surface area contributed by atoms with Crippen LogP contribution in [0.2, 0.25) is 5.02 Å². The standard InChI is InChI=1S/C16H23ClN2O2/c1-11-4-5-14(17)15(10-11)21-12(2)16(20)19(3)13-6-8-18-9-7-13/h4-5,10,12-13,18H,6-9H2,1-3H3. The van der Waals surface area contributed by atoms with E-state index in [4.69, 9.17) is 16.3 Å². The number of benzene rings is 1. The molecule has 1 fully saturated rings. The van der Waals surface area contributed by atoms with E-state index in [1.54, 1.807) is 13.0 Å². The number of rotatable bonds is 4. The van der Waals surface area contributed by atoms with Gasteiger partial charge in [-0.05, 0) is 57.5 Å². The number of halogens is 1. The SMILES string of the molecule is Cc1ccc(Cl)c(OC(C)C(=O)N(C)C2CCNCC2)c1. The van der Waals surface area contributed by atoms with Crippen LogP contribution in [0, 0.1) is 6.92 Å². The molecule has 1 saturated heterocycles. The van der Waals surface area contributed by atoms with Gasteiger partial charge in [0.15, 0.2) is 6.10 Å². The van der Waals surface area contributed by atoms with Crippen LogP contribution in [0.5, 0.6) is 5.75 Å². The van der Waals surface area contributed by atoms with Gasteiger partial charge in [0.25, 0.3) is 5.91 Å². The van der Waals surface area contributed by atoms with E-state index in [0.717, 1.165) is 31.5 Å². The minimum absolute atomic E-state index is 0.000488. The van der Waals surface area contributed by atoms with Crippen molar-refractivity contribution >= 4 is 17.5 Å². The number of piperidine rings is 1. The molecule has 1 N–H and O–H groups in total. The van der Waals surface area contributed by atoms with Gasteiger partial charge in [-0.25, -0.2) is 0 Å². The molecule has 1 heterocycles. The van der Waals surface area contributed by atoms with Gasteiger partial charge in [0, 0.05) is 13.1 Å². The second-order valence-corrected chi connectivity index (χ2v) is 6.03. The van der Waals surface area contributed by atoms with Crippen LogP contribution in [0.15, 0.2) is 18.2 Å². The molecule has 1 aromatic rings. The van der Waals surface area contributed by atoms with Crippen LogP contribution in [-0.4, -0.2) is 43.1 Å². The summed E-state index contributed by atoms with van der Waals surface area (Å²) in [6, 6.07) is 5.86. The topological polar surface area (TPSA) is 41.6 Å². The quantitative estimate of drug-likeness (QED) is 0.929. The molecule has 2 rings (SSSR count). The highest BCUT2D eigenvalue weighted by atomic mass is 35.5. The lowest BCUT2D eigenvalue weighted by Crippen LogP contribution is -2.48. The zero-order valence-electron chi connectivity index (χ0n) is 12.9. The molecule has 1 atom stereocenters. The lowest BCUT2D eigenvalue weighted by Gasteiger charge is -2.33. The third-order valence-corrected chi connectivity index (χ3v) is 4.25. The summed E-state index contributed by atoms with van der Waals surface area (Å²) in [5, 5.41) is 3.84. The zero-order valence-corrected chi connectivity index (χ0v) is 13.6. The molecular weight excluding hydrogens is 288 g/mol. The predicted octanol–water partition coefficient (Wildman–Crippen LogP) is 2.63. The highest BCUT2D eigenvalue weighted by Gasteiger charge is 2.26. The fourth-order valence-corrected chi connectivity index (χ4v) is 2.76. The molecule has 1 aliphatic heterocycles. The molecule has 5 heteroatoms. The molecule has 116 valence electrons. The molecule has 1 aromatic carbocycles. The molecule has 0 aliphatic carbocycles. The normalized spacial score (nSPS) is 17.3. The summed E-state index contributed by atoms with van der Waals surface area (Å²) in [6.45, 7) is 5.66. The predicted molar refractivity (Wildman–Crippen MR) is 84.9 cm³/mol. The maximum atomic E-state index is 12.5. The number of nitrogens with one attached hydrogen (secondary N) is 1. The summed E-state index contributed by atoms with van der Waals surface area (Å²) >= 11 is 6.12. The van der Waals surface area contributed by atoms with Crippen molar-refractivity contribution in [2.75, 3.05) is 20.1 Å². The van der Waals surface area contributed by atoms with Crippen LogP contribution in [0.4, 0.5) is 0 Å². The summed E-state index contributed by atoms with van der Waals surface area (Å²) in [5.41, 5.74) is 1.06. The van der Waals surface area contributed by atoms with Gasteiger partial charge in [0.05, 0.1) is 5.02 Å². The van der Waals surface area contributed by atoms with Gasteiger partial charge < -0.3 is 15.0 Å². The zero-order chi connectivity index (χ0) is 15.4. The number of amides is 1. The minimum atomic E-state index is -0.538. The van der Waals surface area contributed by atoms with Gasteiger partial charge in [-0.1, -0.05) is 17.7 Å². The number of likely N-dealkylation sites (N-methyl/N-ethyl adjacent to an activating group) is 1. The van der Waals surface area contributed by atoms with E-state index in [9.17, 15) is 4.79 Å². The third kappa shape index (κ3) is 4.11. The van der Waals surface area contributed by atoms with Crippen LogP contribution in [0.3, 0.4) is 0 Å². The first-order valence-corrected chi connectivity index (χ1v) is 7.77.